The lowest BCUT2D eigenvalue weighted by molar-refractivity contribution is 0.0915. The molecular formula is C12H16N4O2. The van der Waals surface area contributed by atoms with Crippen molar-refractivity contribution in [1.29, 1.82) is 0 Å². The van der Waals surface area contributed by atoms with Crippen LogP contribution < -0.4 is 11.1 Å². The maximum atomic E-state index is 12.0. The number of nitrogens with one attached hydrogen (secondary N) is 1. The van der Waals surface area contributed by atoms with E-state index in [1.807, 2.05) is 13.8 Å². The Morgan fingerprint density at radius 2 is 2.28 bits per heavy atom. The molecular weight excluding hydrogens is 232 g/mol. The van der Waals surface area contributed by atoms with Gasteiger partial charge in [0.15, 0.2) is 0 Å². The SMILES string of the molecule is Cc1noc2ncc(C(=O)NC(C)(C)CN)cc12. The van der Waals surface area contributed by atoms with E-state index in [1.165, 1.54) is 6.20 Å². The molecule has 0 aliphatic heterocycles. The summed E-state index contributed by atoms with van der Waals surface area (Å²) in [6.07, 6.45) is 1.47. The summed E-state index contributed by atoms with van der Waals surface area (Å²) in [4.78, 5) is 16.1. The van der Waals surface area contributed by atoms with Gasteiger partial charge in [-0.2, -0.15) is 0 Å². The fourth-order valence-corrected chi connectivity index (χ4v) is 1.50. The number of aromatic nitrogens is 2. The molecule has 0 radical (unpaired) electrons. The van der Waals surface area contributed by atoms with Gasteiger partial charge < -0.3 is 15.6 Å². The van der Waals surface area contributed by atoms with E-state index in [-0.39, 0.29) is 5.91 Å². The van der Waals surface area contributed by atoms with Crippen molar-refractivity contribution in [2.45, 2.75) is 26.3 Å². The molecule has 2 rings (SSSR count). The zero-order valence-corrected chi connectivity index (χ0v) is 10.7. The second kappa shape index (κ2) is 4.38. The van der Waals surface area contributed by atoms with Gasteiger partial charge in [0.2, 0.25) is 0 Å². The van der Waals surface area contributed by atoms with Crippen LogP contribution in [0.3, 0.4) is 0 Å². The molecule has 0 spiro atoms. The summed E-state index contributed by atoms with van der Waals surface area (Å²) in [5, 5.41) is 7.39. The maximum Gasteiger partial charge on any atom is 0.257 e. The van der Waals surface area contributed by atoms with E-state index in [0.717, 1.165) is 5.39 Å². The van der Waals surface area contributed by atoms with Crippen molar-refractivity contribution < 1.29 is 9.32 Å². The fourth-order valence-electron chi connectivity index (χ4n) is 1.50. The molecule has 18 heavy (non-hydrogen) atoms. The predicted octanol–water partition coefficient (Wildman–Crippen LogP) is 0.998. The number of carbonyl (C=O) groups excluding carboxylic acids is 1. The molecule has 0 atom stereocenters. The monoisotopic (exact) mass is 248 g/mol. The first-order chi connectivity index (χ1) is 8.43. The lowest BCUT2D eigenvalue weighted by Gasteiger charge is -2.24. The van der Waals surface area contributed by atoms with Gasteiger partial charge in [-0.3, -0.25) is 4.79 Å². The number of hydrogen-bond donors (Lipinski definition) is 2. The van der Waals surface area contributed by atoms with Crippen LogP contribution in [0.4, 0.5) is 0 Å². The van der Waals surface area contributed by atoms with Gasteiger partial charge in [0.1, 0.15) is 0 Å². The Balaban J connectivity index is 2.31. The Morgan fingerprint density at radius 3 is 2.94 bits per heavy atom. The first kappa shape index (κ1) is 12.5. The molecule has 0 unspecified atom stereocenters. The highest BCUT2D eigenvalue weighted by Crippen LogP contribution is 2.17. The Bertz CT molecular complexity index is 589. The summed E-state index contributed by atoms with van der Waals surface area (Å²) in [6.45, 7) is 5.89. The van der Waals surface area contributed by atoms with Crippen molar-refractivity contribution in [2.75, 3.05) is 6.54 Å². The molecule has 96 valence electrons. The van der Waals surface area contributed by atoms with Gasteiger partial charge in [-0.1, -0.05) is 5.16 Å². The number of hydrogen-bond acceptors (Lipinski definition) is 5. The van der Waals surface area contributed by atoms with Crippen LogP contribution in [-0.4, -0.2) is 28.1 Å². The van der Waals surface area contributed by atoms with Gasteiger partial charge in [0.05, 0.1) is 16.6 Å². The van der Waals surface area contributed by atoms with Gasteiger partial charge in [-0.05, 0) is 26.8 Å². The number of nitrogens with zero attached hydrogens (tertiary/aromatic N) is 2. The first-order valence-corrected chi connectivity index (χ1v) is 5.67. The third-order valence-corrected chi connectivity index (χ3v) is 2.73. The standard InChI is InChI=1S/C12H16N4O2/c1-7-9-4-8(5-14-11(9)18-16-7)10(17)15-12(2,3)6-13/h4-5H,6,13H2,1-3H3,(H,15,17). The largest absolute Gasteiger partial charge is 0.346 e. The summed E-state index contributed by atoms with van der Waals surface area (Å²) < 4.78 is 4.99. The van der Waals surface area contributed by atoms with Crippen molar-refractivity contribution in [2.24, 2.45) is 5.73 Å². The molecule has 2 aromatic heterocycles. The number of nitrogens with two attached hydrogens (primary N) is 1. The van der Waals surface area contributed by atoms with E-state index in [0.29, 0.717) is 23.5 Å². The van der Waals surface area contributed by atoms with E-state index < -0.39 is 5.54 Å². The number of carbonyl (C=O) groups is 1. The Labute approximate surface area is 105 Å². The van der Waals surface area contributed by atoms with Gasteiger partial charge in [-0.25, -0.2) is 4.98 Å². The van der Waals surface area contributed by atoms with E-state index in [9.17, 15) is 4.79 Å². The third kappa shape index (κ3) is 2.33. The van der Waals surface area contributed by atoms with Gasteiger partial charge in [0.25, 0.3) is 11.6 Å². The van der Waals surface area contributed by atoms with E-state index in [4.69, 9.17) is 10.3 Å². The molecule has 0 saturated heterocycles. The van der Waals surface area contributed by atoms with Crippen LogP contribution in [0.2, 0.25) is 0 Å². The molecule has 2 heterocycles. The number of amides is 1. The Hall–Kier alpha value is -1.95. The fraction of sp³-hybridized carbons (Fsp3) is 0.417. The number of rotatable bonds is 3. The average molecular weight is 248 g/mol. The maximum absolute atomic E-state index is 12.0. The van der Waals surface area contributed by atoms with Crippen LogP contribution in [0.25, 0.3) is 11.1 Å². The van der Waals surface area contributed by atoms with Crippen molar-refractivity contribution >= 4 is 17.0 Å². The molecule has 0 fully saturated rings. The lowest BCUT2D eigenvalue weighted by atomic mass is 10.1. The molecule has 0 saturated carbocycles. The smallest absolute Gasteiger partial charge is 0.257 e. The minimum Gasteiger partial charge on any atom is -0.346 e. The van der Waals surface area contributed by atoms with Crippen molar-refractivity contribution in [3.8, 4) is 0 Å². The normalized spacial score (nSPS) is 11.8. The molecule has 1 amide bonds. The van der Waals surface area contributed by atoms with Gasteiger partial charge >= 0.3 is 0 Å². The second-order valence-electron chi connectivity index (χ2n) is 4.89. The summed E-state index contributed by atoms with van der Waals surface area (Å²) >= 11 is 0. The molecule has 2 aromatic rings. The molecule has 3 N–H and O–H groups in total. The first-order valence-electron chi connectivity index (χ1n) is 5.67. The second-order valence-corrected chi connectivity index (χ2v) is 4.89. The molecule has 6 nitrogen and oxygen atoms in total. The van der Waals surface area contributed by atoms with Crippen molar-refractivity contribution in [3.05, 3.63) is 23.5 Å². The van der Waals surface area contributed by atoms with Crippen LogP contribution in [0.5, 0.6) is 0 Å². The highest BCUT2D eigenvalue weighted by Gasteiger charge is 2.20. The quantitative estimate of drug-likeness (QED) is 0.845. The average Bonchev–Trinajstić information content (AvgIpc) is 2.70. The molecule has 0 bridgehead atoms. The summed E-state index contributed by atoms with van der Waals surface area (Å²) in [6, 6.07) is 1.72. The van der Waals surface area contributed by atoms with Crippen LogP contribution in [-0.2, 0) is 0 Å². The molecule has 0 aliphatic rings. The van der Waals surface area contributed by atoms with Crippen LogP contribution in [0, 0.1) is 6.92 Å². The van der Waals surface area contributed by atoms with Crippen LogP contribution in [0.1, 0.15) is 29.9 Å². The topological polar surface area (TPSA) is 94.0 Å². The number of fused-ring (bicyclic) bond motifs is 1. The highest BCUT2D eigenvalue weighted by molar-refractivity contribution is 5.97. The highest BCUT2D eigenvalue weighted by atomic mass is 16.5. The van der Waals surface area contributed by atoms with E-state index in [2.05, 4.69) is 15.5 Å². The lowest BCUT2D eigenvalue weighted by Crippen LogP contribution is -2.48. The minimum absolute atomic E-state index is 0.208. The van der Waals surface area contributed by atoms with Crippen LogP contribution >= 0.6 is 0 Å². The van der Waals surface area contributed by atoms with Gasteiger partial charge in [-0.15, -0.1) is 0 Å². The number of pyridine rings is 1. The molecule has 0 aromatic carbocycles. The molecule has 6 heteroatoms. The van der Waals surface area contributed by atoms with Crippen molar-refractivity contribution in [3.63, 3.8) is 0 Å². The summed E-state index contributed by atoms with van der Waals surface area (Å²) in [5.74, 6) is -0.208. The van der Waals surface area contributed by atoms with E-state index in [1.54, 1.807) is 13.0 Å². The zero-order valence-electron chi connectivity index (χ0n) is 10.7. The third-order valence-electron chi connectivity index (χ3n) is 2.73. The predicted molar refractivity (Wildman–Crippen MR) is 67.1 cm³/mol. The van der Waals surface area contributed by atoms with Crippen LogP contribution in [0.15, 0.2) is 16.8 Å². The Morgan fingerprint density at radius 1 is 1.56 bits per heavy atom. The Kier molecular flexibility index (Phi) is 3.04. The number of aryl methyl sites for hydroxylation is 1. The minimum atomic E-state index is -0.449. The molecule has 0 aliphatic carbocycles. The van der Waals surface area contributed by atoms with E-state index >= 15 is 0 Å². The summed E-state index contributed by atoms with van der Waals surface area (Å²) in [7, 11) is 0. The van der Waals surface area contributed by atoms with Crippen molar-refractivity contribution in [1.82, 2.24) is 15.5 Å². The zero-order chi connectivity index (χ0) is 13.3. The summed E-state index contributed by atoms with van der Waals surface area (Å²) in [5.41, 5.74) is 6.74. The van der Waals surface area contributed by atoms with Gasteiger partial charge in [0, 0.05) is 18.3 Å².